The summed E-state index contributed by atoms with van der Waals surface area (Å²) in [5, 5.41) is 1.30. The van der Waals surface area contributed by atoms with Crippen LogP contribution in [0.1, 0.15) is 11.8 Å². The molecule has 60 valence electrons. The van der Waals surface area contributed by atoms with Gasteiger partial charge in [-0.2, -0.15) is 0 Å². The molecule has 0 fully saturated rings. The van der Waals surface area contributed by atoms with Crippen molar-refractivity contribution in [1.82, 2.24) is 0 Å². The van der Waals surface area contributed by atoms with Crippen LogP contribution in [0.4, 0.5) is 5.00 Å². The average Bonchev–Trinajstić information content (AvgIpc) is 2.37. The highest BCUT2D eigenvalue weighted by molar-refractivity contribution is 7.16. The number of anilines is 1. The summed E-state index contributed by atoms with van der Waals surface area (Å²) in [5.74, 6) is 0. The van der Waals surface area contributed by atoms with Gasteiger partial charge in [0.1, 0.15) is 0 Å². The van der Waals surface area contributed by atoms with Crippen LogP contribution in [0, 0.1) is 0 Å². The molecule has 0 saturated carbocycles. The first-order chi connectivity index (χ1) is 5.24. The summed E-state index contributed by atoms with van der Waals surface area (Å²) in [6, 6.07) is 4.28. The van der Waals surface area contributed by atoms with Crippen LogP contribution in [0.5, 0.6) is 0 Å². The van der Waals surface area contributed by atoms with Gasteiger partial charge in [-0.15, -0.1) is 11.3 Å². The molecule has 1 nitrogen and oxygen atoms in total. The highest BCUT2D eigenvalue weighted by atomic mass is 32.1. The number of nitrogens with zero attached hydrogens (tertiary/aromatic N) is 1. The van der Waals surface area contributed by atoms with Crippen molar-refractivity contribution in [2.24, 2.45) is 0 Å². The van der Waals surface area contributed by atoms with Crippen LogP contribution in [0.25, 0.3) is 6.08 Å². The minimum absolute atomic E-state index is 1.30. The van der Waals surface area contributed by atoms with E-state index in [2.05, 4.69) is 43.3 Å². The van der Waals surface area contributed by atoms with E-state index < -0.39 is 0 Å². The Morgan fingerprint density at radius 1 is 1.36 bits per heavy atom. The van der Waals surface area contributed by atoms with E-state index in [4.69, 9.17) is 0 Å². The zero-order valence-corrected chi connectivity index (χ0v) is 7.98. The van der Waals surface area contributed by atoms with Gasteiger partial charge in [-0.05, 0) is 25.1 Å². The summed E-state index contributed by atoms with van der Waals surface area (Å²) in [6.07, 6.45) is 4.18. The molecule has 0 bridgehead atoms. The second kappa shape index (κ2) is 3.58. The lowest BCUT2D eigenvalue weighted by Crippen LogP contribution is -2.05. The molecule has 1 aromatic rings. The van der Waals surface area contributed by atoms with Crippen molar-refractivity contribution >= 4 is 22.4 Å². The molecule has 1 heterocycles. The van der Waals surface area contributed by atoms with Gasteiger partial charge in [0.2, 0.25) is 0 Å². The molecule has 0 aliphatic heterocycles. The number of thiophene rings is 1. The Labute approximate surface area is 72.0 Å². The van der Waals surface area contributed by atoms with Crippen LogP contribution in [0.3, 0.4) is 0 Å². The molecule has 0 aromatic carbocycles. The van der Waals surface area contributed by atoms with E-state index >= 15 is 0 Å². The van der Waals surface area contributed by atoms with Crippen LogP contribution in [-0.4, -0.2) is 14.1 Å². The van der Waals surface area contributed by atoms with Crippen LogP contribution < -0.4 is 4.90 Å². The first-order valence-electron chi connectivity index (χ1n) is 3.64. The third-order valence-corrected chi connectivity index (χ3v) is 2.60. The topological polar surface area (TPSA) is 3.24 Å². The molecule has 0 radical (unpaired) electrons. The molecule has 1 aromatic heterocycles. The van der Waals surface area contributed by atoms with Crippen LogP contribution in [-0.2, 0) is 0 Å². The maximum atomic E-state index is 2.14. The van der Waals surface area contributed by atoms with Crippen molar-refractivity contribution in [3.8, 4) is 0 Å². The molecule has 0 aliphatic rings. The van der Waals surface area contributed by atoms with Crippen molar-refractivity contribution in [1.29, 1.82) is 0 Å². The summed E-state index contributed by atoms with van der Waals surface area (Å²) in [4.78, 5) is 3.44. The molecule has 0 N–H and O–H groups in total. The summed E-state index contributed by atoms with van der Waals surface area (Å²) >= 11 is 1.80. The summed E-state index contributed by atoms with van der Waals surface area (Å²) in [6.45, 7) is 2.04. The molecule has 0 atom stereocenters. The Morgan fingerprint density at radius 2 is 2.09 bits per heavy atom. The standard InChI is InChI=1S/C9H13NS/c1-4-5-8-6-7-9(11-8)10(2)3/h4-7H,1-3H3/b5-4+. The largest absolute Gasteiger partial charge is 0.370 e. The maximum Gasteiger partial charge on any atom is 0.0909 e. The first-order valence-corrected chi connectivity index (χ1v) is 4.45. The smallest absolute Gasteiger partial charge is 0.0909 e. The monoisotopic (exact) mass is 167 g/mol. The molecule has 0 spiro atoms. The highest BCUT2D eigenvalue weighted by Crippen LogP contribution is 2.24. The highest BCUT2D eigenvalue weighted by Gasteiger charge is 1.97. The second-order valence-corrected chi connectivity index (χ2v) is 3.66. The average molecular weight is 167 g/mol. The van der Waals surface area contributed by atoms with Gasteiger partial charge in [0.05, 0.1) is 5.00 Å². The number of rotatable bonds is 2. The van der Waals surface area contributed by atoms with Crippen LogP contribution >= 0.6 is 11.3 Å². The maximum absolute atomic E-state index is 2.14. The Bertz CT molecular complexity index is 248. The van der Waals surface area contributed by atoms with Gasteiger partial charge in [-0.25, -0.2) is 0 Å². The zero-order valence-electron chi connectivity index (χ0n) is 7.16. The van der Waals surface area contributed by atoms with E-state index in [9.17, 15) is 0 Å². The number of hydrogen-bond acceptors (Lipinski definition) is 2. The van der Waals surface area contributed by atoms with Gasteiger partial charge >= 0.3 is 0 Å². The molecule has 0 unspecified atom stereocenters. The van der Waals surface area contributed by atoms with E-state index in [-0.39, 0.29) is 0 Å². The van der Waals surface area contributed by atoms with Crippen LogP contribution in [0.15, 0.2) is 18.2 Å². The van der Waals surface area contributed by atoms with Crippen molar-refractivity contribution in [3.63, 3.8) is 0 Å². The lowest BCUT2D eigenvalue weighted by molar-refractivity contribution is 1.16. The van der Waals surface area contributed by atoms with Gasteiger partial charge < -0.3 is 4.90 Å². The predicted octanol–water partition coefficient (Wildman–Crippen LogP) is 2.85. The Balaban J connectivity index is 2.81. The molecular weight excluding hydrogens is 154 g/mol. The minimum atomic E-state index is 1.30. The second-order valence-electron chi connectivity index (χ2n) is 2.57. The van der Waals surface area contributed by atoms with Crippen molar-refractivity contribution < 1.29 is 0 Å². The van der Waals surface area contributed by atoms with Crippen molar-refractivity contribution in [2.45, 2.75) is 6.92 Å². The van der Waals surface area contributed by atoms with Crippen LogP contribution in [0.2, 0.25) is 0 Å². The van der Waals surface area contributed by atoms with Gasteiger partial charge in [0.25, 0.3) is 0 Å². The number of hydrogen-bond donors (Lipinski definition) is 0. The zero-order chi connectivity index (χ0) is 8.27. The molecule has 0 amide bonds. The number of allylic oxidation sites excluding steroid dienone is 1. The van der Waals surface area contributed by atoms with Gasteiger partial charge in [0, 0.05) is 19.0 Å². The minimum Gasteiger partial charge on any atom is -0.370 e. The van der Waals surface area contributed by atoms with Gasteiger partial charge in [-0.3, -0.25) is 0 Å². The SMILES string of the molecule is C/C=C/c1ccc(N(C)C)s1. The Hall–Kier alpha value is -0.760. The molecule has 1 rings (SSSR count). The van der Waals surface area contributed by atoms with Gasteiger partial charge in [0.15, 0.2) is 0 Å². The Kier molecular flexibility index (Phi) is 2.71. The lowest BCUT2D eigenvalue weighted by atomic mass is 10.4. The Morgan fingerprint density at radius 3 is 2.55 bits per heavy atom. The van der Waals surface area contributed by atoms with Crippen molar-refractivity contribution in [3.05, 3.63) is 23.1 Å². The van der Waals surface area contributed by atoms with E-state index in [1.807, 2.05) is 6.92 Å². The third-order valence-electron chi connectivity index (χ3n) is 1.38. The van der Waals surface area contributed by atoms with E-state index in [1.165, 1.54) is 9.88 Å². The normalized spacial score (nSPS) is 10.8. The summed E-state index contributed by atoms with van der Waals surface area (Å²) in [5.41, 5.74) is 0. The predicted molar refractivity (Wildman–Crippen MR) is 53.4 cm³/mol. The van der Waals surface area contributed by atoms with E-state index in [0.717, 1.165) is 0 Å². The fraction of sp³-hybridized carbons (Fsp3) is 0.333. The van der Waals surface area contributed by atoms with Crippen molar-refractivity contribution in [2.75, 3.05) is 19.0 Å². The van der Waals surface area contributed by atoms with Gasteiger partial charge in [-0.1, -0.05) is 6.08 Å². The third kappa shape index (κ3) is 2.09. The molecule has 0 aliphatic carbocycles. The molecule has 0 saturated heterocycles. The fourth-order valence-electron chi connectivity index (χ4n) is 0.836. The van der Waals surface area contributed by atoms with E-state index in [0.29, 0.717) is 0 Å². The summed E-state index contributed by atoms with van der Waals surface area (Å²) in [7, 11) is 4.12. The quantitative estimate of drug-likeness (QED) is 0.654. The van der Waals surface area contributed by atoms with E-state index in [1.54, 1.807) is 11.3 Å². The summed E-state index contributed by atoms with van der Waals surface area (Å²) < 4.78 is 0. The lowest BCUT2D eigenvalue weighted by Gasteiger charge is -2.06. The fourth-order valence-corrected chi connectivity index (χ4v) is 1.74. The molecular formula is C9H13NS. The molecule has 11 heavy (non-hydrogen) atoms. The first kappa shape index (κ1) is 8.34. The molecule has 2 heteroatoms.